The number of carbonyl (C=O) groups is 3. The number of nitrogens with zero attached hydrogens (tertiary/aromatic N) is 1. The molecule has 0 spiro atoms. The van der Waals surface area contributed by atoms with Crippen LogP contribution in [0.1, 0.15) is 40.2 Å². The molecule has 8 heteroatoms. The lowest BCUT2D eigenvalue weighted by atomic mass is 10.2. The van der Waals surface area contributed by atoms with Gasteiger partial charge in [0, 0.05) is 0 Å². The van der Waals surface area contributed by atoms with Crippen LogP contribution < -0.4 is 9.47 Å². The van der Waals surface area contributed by atoms with Crippen molar-refractivity contribution < 1.29 is 28.6 Å². The van der Waals surface area contributed by atoms with Crippen molar-refractivity contribution in [2.75, 3.05) is 19.8 Å². The third kappa shape index (κ3) is 5.76. The van der Waals surface area contributed by atoms with E-state index in [1.165, 1.54) is 0 Å². The first kappa shape index (κ1) is 21.8. The largest absolute Gasteiger partial charge is 0.490 e. The van der Waals surface area contributed by atoms with Gasteiger partial charge >= 0.3 is 5.97 Å². The minimum absolute atomic E-state index is 0.236. The van der Waals surface area contributed by atoms with Crippen LogP contribution in [0.3, 0.4) is 0 Å². The van der Waals surface area contributed by atoms with Gasteiger partial charge < -0.3 is 14.2 Å². The first-order chi connectivity index (χ1) is 13.1. The zero-order valence-electron chi connectivity index (χ0n) is 16.7. The normalized spacial score (nSPS) is 15.9. The number of hydrogen-bond acceptors (Lipinski definition) is 7. The van der Waals surface area contributed by atoms with Crippen molar-refractivity contribution in [1.29, 1.82) is 0 Å². The summed E-state index contributed by atoms with van der Waals surface area (Å²) in [5.41, 5.74) is 0.00171. The van der Waals surface area contributed by atoms with Crippen molar-refractivity contribution in [1.82, 2.24) is 4.90 Å². The predicted octanol–water partition coefficient (Wildman–Crippen LogP) is 3.86. The molecule has 1 fully saturated rings. The van der Waals surface area contributed by atoms with E-state index in [0.29, 0.717) is 30.3 Å². The number of ether oxygens (including phenoxy) is 3. The number of carbonyl (C=O) groups excluding carboxylic acids is 3. The average molecular weight is 407 g/mol. The molecule has 0 radical (unpaired) electrons. The Labute approximate surface area is 169 Å². The highest BCUT2D eigenvalue weighted by Crippen LogP contribution is 2.34. The molecule has 2 amide bonds. The van der Waals surface area contributed by atoms with E-state index in [2.05, 4.69) is 0 Å². The summed E-state index contributed by atoms with van der Waals surface area (Å²) in [7, 11) is 0. The number of rotatable bonds is 7. The van der Waals surface area contributed by atoms with Gasteiger partial charge in [-0.2, -0.15) is 0 Å². The first-order valence-electron chi connectivity index (χ1n) is 9.01. The van der Waals surface area contributed by atoms with Gasteiger partial charge in [0.25, 0.3) is 11.1 Å². The van der Waals surface area contributed by atoms with Crippen molar-refractivity contribution in [3.05, 3.63) is 28.7 Å². The zero-order valence-corrected chi connectivity index (χ0v) is 17.6. The van der Waals surface area contributed by atoms with Crippen LogP contribution in [0, 0.1) is 0 Å². The van der Waals surface area contributed by atoms with E-state index < -0.39 is 29.3 Å². The molecule has 0 atom stereocenters. The number of hydrogen-bond donors (Lipinski definition) is 0. The van der Waals surface area contributed by atoms with E-state index in [-0.39, 0.29) is 4.91 Å². The van der Waals surface area contributed by atoms with Gasteiger partial charge in [0.2, 0.25) is 0 Å². The Kier molecular flexibility index (Phi) is 7.12. The summed E-state index contributed by atoms with van der Waals surface area (Å²) < 4.78 is 16.3. The Morgan fingerprint density at radius 3 is 2.36 bits per heavy atom. The number of esters is 1. The smallest absolute Gasteiger partial charge is 0.326 e. The fourth-order valence-corrected chi connectivity index (χ4v) is 3.29. The molecule has 1 heterocycles. The van der Waals surface area contributed by atoms with Gasteiger partial charge in [0.1, 0.15) is 12.1 Å². The van der Waals surface area contributed by atoms with E-state index in [1.54, 1.807) is 45.0 Å². The fourth-order valence-electron chi connectivity index (χ4n) is 2.45. The molecule has 152 valence electrons. The SMILES string of the molecule is CCOc1ccc(/C=C2\SC(=O)N(CC(=O)OC(C)(C)C)C2=O)cc1OCC. The van der Waals surface area contributed by atoms with E-state index in [0.717, 1.165) is 16.7 Å². The van der Waals surface area contributed by atoms with Crippen molar-refractivity contribution in [2.45, 2.75) is 40.2 Å². The molecular weight excluding hydrogens is 382 g/mol. The monoisotopic (exact) mass is 407 g/mol. The standard InChI is InChI=1S/C20H25NO6S/c1-6-25-14-9-8-13(10-15(14)26-7-2)11-16-18(23)21(19(24)28-16)12-17(22)27-20(3,4)5/h8-11H,6-7,12H2,1-5H3/b16-11-. The van der Waals surface area contributed by atoms with Crippen LogP contribution in [-0.4, -0.2) is 47.4 Å². The molecule has 1 aromatic carbocycles. The van der Waals surface area contributed by atoms with Gasteiger partial charge in [-0.05, 0) is 70.2 Å². The molecule has 0 unspecified atom stereocenters. The minimum Gasteiger partial charge on any atom is -0.490 e. The van der Waals surface area contributed by atoms with Crippen molar-refractivity contribution in [3.63, 3.8) is 0 Å². The fraction of sp³-hybridized carbons (Fsp3) is 0.450. The highest BCUT2D eigenvalue weighted by molar-refractivity contribution is 8.18. The Balaban J connectivity index is 2.18. The number of imide groups is 1. The third-order valence-electron chi connectivity index (χ3n) is 3.45. The second-order valence-corrected chi connectivity index (χ2v) is 7.92. The van der Waals surface area contributed by atoms with E-state index in [4.69, 9.17) is 14.2 Å². The van der Waals surface area contributed by atoms with Crippen LogP contribution in [0.2, 0.25) is 0 Å². The quantitative estimate of drug-likeness (QED) is 0.501. The number of benzene rings is 1. The minimum atomic E-state index is -0.688. The molecule has 1 aliphatic rings. The maximum Gasteiger partial charge on any atom is 0.326 e. The van der Waals surface area contributed by atoms with Gasteiger partial charge in [0.15, 0.2) is 11.5 Å². The molecule has 1 saturated heterocycles. The highest BCUT2D eigenvalue weighted by atomic mass is 32.2. The Morgan fingerprint density at radius 1 is 1.11 bits per heavy atom. The lowest BCUT2D eigenvalue weighted by molar-refractivity contribution is -0.156. The van der Waals surface area contributed by atoms with Crippen LogP contribution in [0.25, 0.3) is 6.08 Å². The summed E-state index contributed by atoms with van der Waals surface area (Å²) in [6, 6.07) is 5.27. The zero-order chi connectivity index (χ0) is 20.9. The number of thioether (sulfide) groups is 1. The molecule has 0 aliphatic carbocycles. The van der Waals surface area contributed by atoms with Crippen LogP contribution in [-0.2, 0) is 14.3 Å². The Bertz CT molecular complexity index is 796. The van der Waals surface area contributed by atoms with Gasteiger partial charge in [0.05, 0.1) is 18.1 Å². The summed E-state index contributed by atoms with van der Waals surface area (Å²) in [4.78, 5) is 37.8. The molecule has 0 bridgehead atoms. The van der Waals surface area contributed by atoms with Crippen LogP contribution in [0.15, 0.2) is 23.1 Å². The molecule has 7 nitrogen and oxygen atoms in total. The van der Waals surface area contributed by atoms with E-state index in [9.17, 15) is 14.4 Å². The summed E-state index contributed by atoms with van der Waals surface area (Å²) in [6.45, 7) is 9.47. The average Bonchev–Trinajstić information content (AvgIpc) is 2.83. The molecule has 0 N–H and O–H groups in total. The van der Waals surface area contributed by atoms with E-state index in [1.807, 2.05) is 13.8 Å². The summed E-state index contributed by atoms with van der Waals surface area (Å²) in [5, 5.41) is -0.502. The van der Waals surface area contributed by atoms with Gasteiger partial charge in [-0.1, -0.05) is 6.07 Å². The van der Waals surface area contributed by atoms with E-state index >= 15 is 0 Å². The van der Waals surface area contributed by atoms with Crippen molar-refractivity contribution >= 4 is 35.0 Å². The maximum atomic E-state index is 12.6. The molecule has 0 saturated carbocycles. The Hall–Kier alpha value is -2.48. The maximum absolute atomic E-state index is 12.6. The number of amides is 2. The Morgan fingerprint density at radius 2 is 1.75 bits per heavy atom. The summed E-state index contributed by atoms with van der Waals surface area (Å²) >= 11 is 0.789. The molecule has 2 rings (SSSR count). The third-order valence-corrected chi connectivity index (χ3v) is 4.35. The van der Waals surface area contributed by atoms with Crippen LogP contribution >= 0.6 is 11.8 Å². The summed E-state index contributed by atoms with van der Waals surface area (Å²) in [5.74, 6) is 0.0223. The summed E-state index contributed by atoms with van der Waals surface area (Å²) in [6.07, 6.45) is 1.60. The van der Waals surface area contributed by atoms with Crippen molar-refractivity contribution in [3.8, 4) is 11.5 Å². The van der Waals surface area contributed by atoms with Gasteiger partial charge in [-0.25, -0.2) is 0 Å². The van der Waals surface area contributed by atoms with Gasteiger partial charge in [-0.15, -0.1) is 0 Å². The predicted molar refractivity (Wildman–Crippen MR) is 107 cm³/mol. The molecule has 1 aromatic rings. The van der Waals surface area contributed by atoms with Gasteiger partial charge in [-0.3, -0.25) is 19.3 Å². The highest BCUT2D eigenvalue weighted by Gasteiger charge is 2.37. The van der Waals surface area contributed by atoms with Crippen molar-refractivity contribution in [2.24, 2.45) is 0 Å². The first-order valence-corrected chi connectivity index (χ1v) is 9.83. The molecule has 28 heavy (non-hydrogen) atoms. The second-order valence-electron chi connectivity index (χ2n) is 6.93. The lowest BCUT2D eigenvalue weighted by Crippen LogP contribution is -2.37. The molecular formula is C20H25NO6S. The molecule has 0 aromatic heterocycles. The topological polar surface area (TPSA) is 82.1 Å². The molecule has 1 aliphatic heterocycles. The lowest BCUT2D eigenvalue weighted by Gasteiger charge is -2.21. The second kappa shape index (κ2) is 9.14. The van der Waals surface area contributed by atoms with Crippen LogP contribution in [0.5, 0.6) is 11.5 Å². The van der Waals surface area contributed by atoms with Crippen LogP contribution in [0.4, 0.5) is 4.79 Å².